The van der Waals surface area contributed by atoms with Crippen LogP contribution in [0.5, 0.6) is 0 Å². The van der Waals surface area contributed by atoms with E-state index in [9.17, 15) is 8.42 Å². The third kappa shape index (κ3) is 4.04. The molecule has 0 aliphatic carbocycles. The quantitative estimate of drug-likeness (QED) is 0.541. The minimum absolute atomic E-state index is 0.124. The van der Waals surface area contributed by atoms with Crippen LogP contribution in [0.1, 0.15) is 13.3 Å². The average Bonchev–Trinajstić information content (AvgIpc) is 1.64. The third-order valence-electron chi connectivity index (χ3n) is 0.818. The van der Waals surface area contributed by atoms with E-state index in [1.807, 2.05) is 6.92 Å². The molecule has 3 heteroatoms. The van der Waals surface area contributed by atoms with Gasteiger partial charge in [0, 0.05) is 0 Å². The lowest BCUT2D eigenvalue weighted by molar-refractivity contribution is 0.598. The molecular formula is C6H10O2S. The van der Waals surface area contributed by atoms with E-state index in [1.165, 1.54) is 0 Å². The minimum atomic E-state index is -2.92. The highest BCUT2D eigenvalue weighted by atomic mass is 32.2. The van der Waals surface area contributed by atoms with Crippen LogP contribution < -0.4 is 0 Å². The largest absolute Gasteiger partial charge is 0.228 e. The number of rotatable bonds is 3. The summed E-state index contributed by atoms with van der Waals surface area (Å²) in [5.74, 6) is 2.19. The van der Waals surface area contributed by atoms with E-state index in [-0.39, 0.29) is 11.5 Å². The molecule has 0 spiro atoms. The monoisotopic (exact) mass is 146 g/mol. The predicted molar refractivity (Wildman–Crippen MR) is 37.8 cm³/mol. The Balaban J connectivity index is 3.93. The van der Waals surface area contributed by atoms with Crippen LogP contribution in [-0.4, -0.2) is 19.9 Å². The van der Waals surface area contributed by atoms with Crippen molar-refractivity contribution in [2.24, 2.45) is 0 Å². The van der Waals surface area contributed by atoms with Gasteiger partial charge >= 0.3 is 0 Å². The highest BCUT2D eigenvalue weighted by Gasteiger charge is 2.04. The molecule has 0 aromatic carbocycles. The summed E-state index contributed by atoms with van der Waals surface area (Å²) >= 11 is 0. The first-order valence-electron chi connectivity index (χ1n) is 2.76. The number of hydrogen-bond donors (Lipinski definition) is 0. The zero-order chi connectivity index (χ0) is 7.33. The van der Waals surface area contributed by atoms with Gasteiger partial charge in [0.25, 0.3) is 0 Å². The van der Waals surface area contributed by atoms with Gasteiger partial charge in [-0.15, -0.1) is 6.42 Å². The van der Waals surface area contributed by atoms with Crippen molar-refractivity contribution in [3.63, 3.8) is 0 Å². The fraction of sp³-hybridized carbons (Fsp3) is 0.667. The highest BCUT2D eigenvalue weighted by molar-refractivity contribution is 7.91. The Labute approximate surface area is 56.2 Å². The Hall–Kier alpha value is -0.490. The standard InChI is InChI=1S/C6H10O2S/c1-3-5-9(7,8)6-4-2/h1H,4-6H2,2H3. The average molecular weight is 146 g/mol. The minimum Gasteiger partial charge on any atom is -0.228 e. The molecule has 0 N–H and O–H groups in total. The molecule has 2 nitrogen and oxygen atoms in total. The van der Waals surface area contributed by atoms with Crippen LogP contribution in [0.2, 0.25) is 0 Å². The van der Waals surface area contributed by atoms with Crippen LogP contribution in [0.25, 0.3) is 0 Å². The van der Waals surface area contributed by atoms with Crippen molar-refractivity contribution in [2.75, 3.05) is 11.5 Å². The summed E-state index contributed by atoms with van der Waals surface area (Å²) in [4.78, 5) is 0. The van der Waals surface area contributed by atoms with Crippen molar-refractivity contribution in [1.82, 2.24) is 0 Å². The lowest BCUT2D eigenvalue weighted by atomic mass is 10.6. The van der Waals surface area contributed by atoms with Gasteiger partial charge in [-0.2, -0.15) is 0 Å². The zero-order valence-corrected chi connectivity index (χ0v) is 6.24. The van der Waals surface area contributed by atoms with E-state index in [0.717, 1.165) is 0 Å². The lowest BCUT2D eigenvalue weighted by Crippen LogP contribution is -2.08. The Morgan fingerprint density at radius 2 is 2.11 bits per heavy atom. The van der Waals surface area contributed by atoms with Crippen LogP contribution in [0.3, 0.4) is 0 Å². The van der Waals surface area contributed by atoms with E-state index in [0.29, 0.717) is 6.42 Å². The number of terminal acetylenes is 1. The molecular weight excluding hydrogens is 136 g/mol. The Morgan fingerprint density at radius 3 is 2.44 bits per heavy atom. The molecule has 0 amide bonds. The molecule has 0 aliphatic heterocycles. The molecule has 0 aliphatic rings. The summed E-state index contributed by atoms with van der Waals surface area (Å²) in [6.45, 7) is 1.81. The maximum atomic E-state index is 10.7. The van der Waals surface area contributed by atoms with Gasteiger partial charge in [-0.1, -0.05) is 12.8 Å². The van der Waals surface area contributed by atoms with E-state index < -0.39 is 9.84 Å². The molecule has 0 heterocycles. The first-order valence-corrected chi connectivity index (χ1v) is 4.58. The van der Waals surface area contributed by atoms with E-state index in [2.05, 4.69) is 5.92 Å². The Morgan fingerprint density at radius 1 is 1.56 bits per heavy atom. The van der Waals surface area contributed by atoms with Crippen molar-refractivity contribution in [3.05, 3.63) is 0 Å². The molecule has 0 aromatic rings. The van der Waals surface area contributed by atoms with Crippen LogP contribution >= 0.6 is 0 Å². The second-order valence-corrected chi connectivity index (χ2v) is 3.98. The molecule has 0 unspecified atom stereocenters. The molecule has 0 bridgehead atoms. The molecule has 0 aromatic heterocycles. The molecule has 52 valence electrons. The van der Waals surface area contributed by atoms with Gasteiger partial charge in [0.1, 0.15) is 5.75 Å². The fourth-order valence-corrected chi connectivity index (χ4v) is 1.53. The smallest absolute Gasteiger partial charge is 0.161 e. The topological polar surface area (TPSA) is 34.1 Å². The SMILES string of the molecule is C#CCS(=O)(=O)CCC. The van der Waals surface area contributed by atoms with Crippen LogP contribution in [0.4, 0.5) is 0 Å². The molecule has 0 fully saturated rings. The maximum Gasteiger partial charge on any atom is 0.161 e. The highest BCUT2D eigenvalue weighted by Crippen LogP contribution is 1.90. The fourth-order valence-electron chi connectivity index (χ4n) is 0.510. The lowest BCUT2D eigenvalue weighted by Gasteiger charge is -1.93. The van der Waals surface area contributed by atoms with Crippen LogP contribution in [0, 0.1) is 12.3 Å². The van der Waals surface area contributed by atoms with Gasteiger partial charge < -0.3 is 0 Å². The predicted octanol–water partition coefficient (Wildman–Crippen LogP) is 0.444. The Bertz CT molecular complexity index is 196. The Kier molecular flexibility index (Phi) is 3.33. The first kappa shape index (κ1) is 8.51. The molecule has 0 saturated heterocycles. The second-order valence-electron chi connectivity index (χ2n) is 1.80. The van der Waals surface area contributed by atoms with E-state index >= 15 is 0 Å². The zero-order valence-electron chi connectivity index (χ0n) is 5.42. The number of hydrogen-bond acceptors (Lipinski definition) is 2. The number of sulfone groups is 1. The van der Waals surface area contributed by atoms with Crippen molar-refractivity contribution in [1.29, 1.82) is 0 Å². The molecule has 0 atom stereocenters. The van der Waals surface area contributed by atoms with Crippen molar-refractivity contribution in [3.8, 4) is 12.3 Å². The van der Waals surface area contributed by atoms with Gasteiger partial charge in [0.15, 0.2) is 9.84 Å². The maximum absolute atomic E-state index is 10.7. The van der Waals surface area contributed by atoms with Crippen molar-refractivity contribution in [2.45, 2.75) is 13.3 Å². The molecule has 9 heavy (non-hydrogen) atoms. The van der Waals surface area contributed by atoms with Gasteiger partial charge in [0.05, 0.1) is 5.75 Å². The van der Waals surface area contributed by atoms with Gasteiger partial charge in [0.2, 0.25) is 0 Å². The molecule has 0 rings (SSSR count). The molecule has 0 saturated carbocycles. The molecule has 0 radical (unpaired) electrons. The van der Waals surface area contributed by atoms with Crippen LogP contribution in [0.15, 0.2) is 0 Å². The van der Waals surface area contributed by atoms with Crippen molar-refractivity contribution < 1.29 is 8.42 Å². The van der Waals surface area contributed by atoms with E-state index in [1.54, 1.807) is 0 Å². The van der Waals surface area contributed by atoms with Gasteiger partial charge in [-0.05, 0) is 6.42 Å². The summed E-state index contributed by atoms with van der Waals surface area (Å²) in [5.41, 5.74) is 0. The van der Waals surface area contributed by atoms with Crippen molar-refractivity contribution >= 4 is 9.84 Å². The van der Waals surface area contributed by atoms with Crippen LogP contribution in [-0.2, 0) is 9.84 Å². The summed E-state index contributed by atoms with van der Waals surface area (Å²) in [6.07, 6.45) is 5.46. The second kappa shape index (κ2) is 3.52. The van der Waals surface area contributed by atoms with Gasteiger partial charge in [-0.3, -0.25) is 0 Å². The summed E-state index contributed by atoms with van der Waals surface area (Å²) in [6, 6.07) is 0. The third-order valence-corrected chi connectivity index (χ3v) is 2.46. The first-order chi connectivity index (χ1) is 4.12. The van der Waals surface area contributed by atoms with Gasteiger partial charge in [-0.25, -0.2) is 8.42 Å². The summed E-state index contributed by atoms with van der Waals surface area (Å²) in [7, 11) is -2.92. The normalized spacial score (nSPS) is 10.7. The summed E-state index contributed by atoms with van der Waals surface area (Å²) in [5, 5.41) is 0. The summed E-state index contributed by atoms with van der Waals surface area (Å²) < 4.78 is 21.4. The van der Waals surface area contributed by atoms with E-state index in [4.69, 9.17) is 6.42 Å².